The fraction of sp³-hybridized carbons (Fsp3) is 0.423. The minimum atomic E-state index is -0.746. The first-order chi connectivity index (χ1) is 16.7. The Kier molecular flexibility index (Phi) is 7.03. The lowest BCUT2D eigenvalue weighted by Crippen LogP contribution is -2.67. The number of amides is 4. The fourth-order valence-corrected chi connectivity index (χ4v) is 5.31. The number of nitrogens with one attached hydrogen (secondary N) is 1. The van der Waals surface area contributed by atoms with Crippen molar-refractivity contribution in [3.63, 3.8) is 0 Å². The lowest BCUT2D eigenvalue weighted by atomic mass is 9.62. The predicted octanol–water partition coefficient (Wildman–Crippen LogP) is 4.26. The van der Waals surface area contributed by atoms with Gasteiger partial charge in [-0.05, 0) is 60.7 Å². The molecule has 2 saturated heterocycles. The zero-order chi connectivity index (χ0) is 25.3. The topological polar surface area (TPSA) is 95.7 Å². The molecule has 3 N–H and O–H groups in total. The van der Waals surface area contributed by atoms with Crippen molar-refractivity contribution in [2.45, 2.75) is 45.2 Å². The molecule has 0 aromatic heterocycles. The molecule has 1 unspecified atom stereocenters. The van der Waals surface area contributed by atoms with Crippen LogP contribution in [0.15, 0.2) is 48.5 Å². The van der Waals surface area contributed by atoms with Crippen LogP contribution in [0.2, 0.25) is 5.02 Å². The Bertz CT molecular complexity index is 1100. The molecule has 7 nitrogen and oxygen atoms in total. The van der Waals surface area contributed by atoms with Crippen LogP contribution < -0.4 is 16.0 Å². The van der Waals surface area contributed by atoms with Gasteiger partial charge in [0, 0.05) is 23.8 Å². The van der Waals surface area contributed by atoms with Gasteiger partial charge in [-0.1, -0.05) is 44.0 Å². The number of β-lactam (4-membered cyclic amide) rings is 1. The molecule has 4 rings (SSSR count). The molecule has 35 heavy (non-hydrogen) atoms. The fourth-order valence-electron chi connectivity index (χ4n) is 5.19. The van der Waals surface area contributed by atoms with Crippen molar-refractivity contribution in [3.8, 4) is 0 Å². The van der Waals surface area contributed by atoms with Crippen LogP contribution in [0.3, 0.4) is 0 Å². The largest absolute Gasteiger partial charge is 0.368 e. The summed E-state index contributed by atoms with van der Waals surface area (Å²) in [5.74, 6) is -1.06. The Hall–Kier alpha value is -3.13. The van der Waals surface area contributed by atoms with Crippen molar-refractivity contribution in [2.24, 2.45) is 17.1 Å². The molecule has 0 aliphatic carbocycles. The van der Waals surface area contributed by atoms with Gasteiger partial charge < -0.3 is 20.9 Å². The van der Waals surface area contributed by atoms with E-state index in [9.17, 15) is 18.8 Å². The lowest BCUT2D eigenvalue weighted by Gasteiger charge is -2.59. The number of benzene rings is 2. The van der Waals surface area contributed by atoms with Gasteiger partial charge in [0.25, 0.3) is 0 Å². The smallest absolute Gasteiger partial charge is 0.318 e. The number of carbonyl (C=O) groups excluding carboxylic acids is 3. The zero-order valence-electron chi connectivity index (χ0n) is 19.8. The molecule has 186 valence electrons. The lowest BCUT2D eigenvalue weighted by molar-refractivity contribution is -0.144. The van der Waals surface area contributed by atoms with E-state index in [4.69, 9.17) is 17.3 Å². The molecule has 2 aromatic rings. The maximum atomic E-state index is 13.6. The minimum Gasteiger partial charge on any atom is -0.368 e. The van der Waals surface area contributed by atoms with E-state index in [2.05, 4.69) is 5.32 Å². The predicted molar refractivity (Wildman–Crippen MR) is 132 cm³/mol. The standard InChI is InChI=1S/C26H30ClFN4O3/c1-3-16(2)21(23(29)33)30-25(35)31-14-12-26(13-15-31)22(17-4-6-18(27)7-5-17)32(24(26)34)20-10-8-19(28)9-11-20/h4-11,16,21-22H,3,12-15H2,1-2H3,(H2,29,33)(H,30,35)/t16-,21-,22?/m0/s1. The van der Waals surface area contributed by atoms with E-state index in [-0.39, 0.29) is 29.7 Å². The summed E-state index contributed by atoms with van der Waals surface area (Å²) in [6.07, 6.45) is 1.64. The molecular weight excluding hydrogens is 471 g/mol. The number of anilines is 1. The van der Waals surface area contributed by atoms with Crippen LogP contribution in [0, 0.1) is 17.2 Å². The van der Waals surface area contributed by atoms with Crippen molar-refractivity contribution in [2.75, 3.05) is 18.0 Å². The quantitative estimate of drug-likeness (QED) is 0.580. The van der Waals surface area contributed by atoms with Crippen molar-refractivity contribution in [1.82, 2.24) is 10.2 Å². The Morgan fingerprint density at radius 2 is 1.74 bits per heavy atom. The van der Waals surface area contributed by atoms with Crippen molar-refractivity contribution >= 4 is 35.1 Å². The number of piperidine rings is 1. The normalized spacial score (nSPS) is 20.8. The van der Waals surface area contributed by atoms with Gasteiger partial charge >= 0.3 is 6.03 Å². The van der Waals surface area contributed by atoms with E-state index < -0.39 is 17.4 Å². The highest BCUT2D eigenvalue weighted by Crippen LogP contribution is 2.57. The zero-order valence-corrected chi connectivity index (χ0v) is 20.6. The minimum absolute atomic E-state index is 0.0428. The maximum absolute atomic E-state index is 13.6. The van der Waals surface area contributed by atoms with Gasteiger partial charge in [-0.15, -0.1) is 0 Å². The number of primary amides is 1. The Balaban J connectivity index is 1.54. The van der Waals surface area contributed by atoms with Gasteiger partial charge in [-0.25, -0.2) is 9.18 Å². The molecule has 1 spiro atoms. The number of rotatable bonds is 6. The van der Waals surface area contributed by atoms with Crippen LogP contribution >= 0.6 is 11.6 Å². The number of hydrogen-bond donors (Lipinski definition) is 2. The molecular formula is C26H30ClFN4O3. The molecule has 0 bridgehead atoms. The third kappa shape index (κ3) is 4.59. The molecule has 3 atom stereocenters. The molecule has 0 radical (unpaired) electrons. The molecule has 2 fully saturated rings. The summed E-state index contributed by atoms with van der Waals surface area (Å²) < 4.78 is 13.5. The first kappa shape index (κ1) is 25.0. The number of urea groups is 1. The molecule has 4 amide bonds. The Morgan fingerprint density at radius 1 is 1.14 bits per heavy atom. The highest BCUT2D eigenvalue weighted by molar-refractivity contribution is 6.30. The summed E-state index contributed by atoms with van der Waals surface area (Å²) >= 11 is 6.10. The van der Waals surface area contributed by atoms with Gasteiger partial charge in [0.1, 0.15) is 11.9 Å². The van der Waals surface area contributed by atoms with Gasteiger partial charge in [0.15, 0.2) is 0 Å². The summed E-state index contributed by atoms with van der Waals surface area (Å²) in [6, 6.07) is 11.9. The van der Waals surface area contributed by atoms with E-state index >= 15 is 0 Å². The van der Waals surface area contributed by atoms with E-state index in [0.29, 0.717) is 43.1 Å². The van der Waals surface area contributed by atoms with Crippen molar-refractivity contribution < 1.29 is 18.8 Å². The maximum Gasteiger partial charge on any atom is 0.318 e. The van der Waals surface area contributed by atoms with Crippen LogP contribution in [0.1, 0.15) is 44.7 Å². The van der Waals surface area contributed by atoms with E-state index in [0.717, 1.165) is 5.56 Å². The monoisotopic (exact) mass is 500 g/mol. The average Bonchev–Trinajstić information content (AvgIpc) is 2.86. The first-order valence-electron chi connectivity index (χ1n) is 11.9. The third-order valence-corrected chi connectivity index (χ3v) is 7.71. The molecule has 0 saturated carbocycles. The number of carbonyl (C=O) groups is 3. The number of hydrogen-bond acceptors (Lipinski definition) is 3. The second kappa shape index (κ2) is 9.85. The Morgan fingerprint density at radius 3 is 2.29 bits per heavy atom. The first-order valence-corrected chi connectivity index (χ1v) is 12.2. The van der Waals surface area contributed by atoms with Gasteiger partial charge in [-0.3, -0.25) is 9.59 Å². The molecule has 2 aliphatic heterocycles. The van der Waals surface area contributed by atoms with Crippen LogP contribution in [0.25, 0.3) is 0 Å². The number of nitrogens with two attached hydrogens (primary N) is 1. The van der Waals surface area contributed by atoms with Gasteiger partial charge in [-0.2, -0.15) is 0 Å². The molecule has 2 heterocycles. The highest BCUT2D eigenvalue weighted by atomic mass is 35.5. The summed E-state index contributed by atoms with van der Waals surface area (Å²) in [5.41, 5.74) is 6.38. The highest BCUT2D eigenvalue weighted by Gasteiger charge is 2.62. The second-order valence-corrected chi connectivity index (χ2v) is 9.90. The van der Waals surface area contributed by atoms with E-state index in [1.807, 2.05) is 26.0 Å². The SMILES string of the molecule is CC[C@H](C)[C@H](NC(=O)N1CCC2(CC1)C(=O)N(c1ccc(F)cc1)C2c1ccc(Cl)cc1)C(N)=O. The van der Waals surface area contributed by atoms with Crippen LogP contribution in [-0.4, -0.2) is 41.9 Å². The average molecular weight is 501 g/mol. The summed E-state index contributed by atoms with van der Waals surface area (Å²) in [4.78, 5) is 41.6. The van der Waals surface area contributed by atoms with Crippen LogP contribution in [0.4, 0.5) is 14.9 Å². The van der Waals surface area contributed by atoms with E-state index in [1.54, 1.807) is 34.1 Å². The third-order valence-electron chi connectivity index (χ3n) is 7.46. The van der Waals surface area contributed by atoms with Crippen LogP contribution in [0.5, 0.6) is 0 Å². The van der Waals surface area contributed by atoms with E-state index in [1.165, 1.54) is 12.1 Å². The van der Waals surface area contributed by atoms with Gasteiger partial charge in [0.2, 0.25) is 11.8 Å². The van der Waals surface area contributed by atoms with Crippen LogP contribution in [-0.2, 0) is 9.59 Å². The number of likely N-dealkylation sites (tertiary alicyclic amines) is 1. The number of halogens is 2. The van der Waals surface area contributed by atoms with Crippen molar-refractivity contribution in [1.29, 1.82) is 0 Å². The molecule has 9 heteroatoms. The molecule has 2 aromatic carbocycles. The second-order valence-electron chi connectivity index (χ2n) is 9.46. The summed E-state index contributed by atoms with van der Waals surface area (Å²) in [6.45, 7) is 4.54. The Labute approximate surface area is 209 Å². The van der Waals surface area contributed by atoms with Crippen molar-refractivity contribution in [3.05, 3.63) is 64.9 Å². The molecule has 2 aliphatic rings. The summed E-state index contributed by atoms with van der Waals surface area (Å²) in [7, 11) is 0. The van der Waals surface area contributed by atoms with Gasteiger partial charge in [0.05, 0.1) is 11.5 Å². The summed E-state index contributed by atoms with van der Waals surface area (Å²) in [5, 5.41) is 3.36. The number of nitrogens with zero attached hydrogens (tertiary/aromatic N) is 2.